The van der Waals surface area contributed by atoms with E-state index in [2.05, 4.69) is 10.4 Å². The Morgan fingerprint density at radius 1 is 1.67 bits per heavy atom. The van der Waals surface area contributed by atoms with E-state index < -0.39 is 0 Å². The zero-order chi connectivity index (χ0) is 11.1. The van der Waals surface area contributed by atoms with Gasteiger partial charge in [0.05, 0.1) is 11.2 Å². The van der Waals surface area contributed by atoms with Crippen molar-refractivity contribution in [2.45, 2.75) is 19.4 Å². The minimum Gasteiger partial charge on any atom is -0.356 e. The molecule has 0 atom stereocenters. The molecule has 3 N–H and O–H groups in total. The topological polar surface area (TPSA) is 72.9 Å². The van der Waals surface area contributed by atoms with E-state index in [-0.39, 0.29) is 5.91 Å². The predicted molar refractivity (Wildman–Crippen MR) is 58.5 cm³/mol. The summed E-state index contributed by atoms with van der Waals surface area (Å²) in [6.07, 6.45) is 4.45. The highest BCUT2D eigenvalue weighted by Gasteiger charge is 2.01. The molecular formula is C9H15ClN4O. The quantitative estimate of drug-likeness (QED) is 0.695. The van der Waals surface area contributed by atoms with Crippen LogP contribution in [0.25, 0.3) is 0 Å². The summed E-state index contributed by atoms with van der Waals surface area (Å²) in [7, 11) is 0. The molecule has 5 nitrogen and oxygen atoms in total. The zero-order valence-electron chi connectivity index (χ0n) is 8.45. The van der Waals surface area contributed by atoms with Gasteiger partial charge in [-0.25, -0.2) is 0 Å². The molecule has 0 saturated carbocycles. The van der Waals surface area contributed by atoms with Gasteiger partial charge >= 0.3 is 0 Å². The number of nitrogens with zero attached hydrogens (tertiary/aromatic N) is 2. The Kier molecular flexibility index (Phi) is 5.14. The van der Waals surface area contributed by atoms with E-state index in [1.165, 1.54) is 0 Å². The molecule has 0 aliphatic carbocycles. The summed E-state index contributed by atoms with van der Waals surface area (Å²) in [4.78, 5) is 11.3. The van der Waals surface area contributed by atoms with Crippen LogP contribution in [0.5, 0.6) is 0 Å². The molecule has 0 saturated heterocycles. The molecule has 1 heterocycles. The molecule has 1 aromatic heterocycles. The van der Waals surface area contributed by atoms with Crippen LogP contribution in [0.4, 0.5) is 0 Å². The molecule has 0 bridgehead atoms. The lowest BCUT2D eigenvalue weighted by atomic mass is 10.3. The Morgan fingerprint density at radius 3 is 3.07 bits per heavy atom. The summed E-state index contributed by atoms with van der Waals surface area (Å²) in [5.74, 6) is 0.00933. The summed E-state index contributed by atoms with van der Waals surface area (Å²) in [6.45, 7) is 1.77. The minimum absolute atomic E-state index is 0.00933. The van der Waals surface area contributed by atoms with Crippen LogP contribution in [0.3, 0.4) is 0 Å². The Hall–Kier alpha value is -1.07. The van der Waals surface area contributed by atoms with Crippen molar-refractivity contribution >= 4 is 17.5 Å². The van der Waals surface area contributed by atoms with Crippen molar-refractivity contribution in [2.24, 2.45) is 5.73 Å². The van der Waals surface area contributed by atoms with Gasteiger partial charge in [0, 0.05) is 25.7 Å². The van der Waals surface area contributed by atoms with E-state index in [0.29, 0.717) is 31.1 Å². The second-order valence-corrected chi connectivity index (χ2v) is 3.60. The fourth-order valence-corrected chi connectivity index (χ4v) is 1.25. The van der Waals surface area contributed by atoms with Gasteiger partial charge in [-0.1, -0.05) is 11.6 Å². The molecular weight excluding hydrogens is 216 g/mol. The summed E-state index contributed by atoms with van der Waals surface area (Å²) in [5.41, 5.74) is 5.30. The number of carbonyl (C=O) groups excluding carboxylic acids is 1. The molecule has 0 aliphatic heterocycles. The molecule has 0 fully saturated rings. The van der Waals surface area contributed by atoms with Gasteiger partial charge in [-0.05, 0) is 13.0 Å². The van der Waals surface area contributed by atoms with Crippen LogP contribution in [-0.2, 0) is 11.3 Å². The molecule has 0 unspecified atom stereocenters. The smallest absolute Gasteiger partial charge is 0.221 e. The first-order chi connectivity index (χ1) is 7.22. The second-order valence-electron chi connectivity index (χ2n) is 3.16. The van der Waals surface area contributed by atoms with Crippen molar-refractivity contribution in [3.05, 3.63) is 17.4 Å². The Labute approximate surface area is 93.6 Å². The monoisotopic (exact) mass is 230 g/mol. The van der Waals surface area contributed by atoms with Crippen LogP contribution in [0.1, 0.15) is 12.8 Å². The number of halogens is 1. The predicted octanol–water partition coefficient (Wildman–Crippen LogP) is 0.392. The fraction of sp³-hybridized carbons (Fsp3) is 0.556. The second kappa shape index (κ2) is 6.42. The molecule has 15 heavy (non-hydrogen) atoms. The fourth-order valence-electron chi connectivity index (χ4n) is 1.09. The average Bonchev–Trinajstić information content (AvgIpc) is 2.62. The van der Waals surface area contributed by atoms with Crippen molar-refractivity contribution < 1.29 is 4.79 Å². The van der Waals surface area contributed by atoms with Crippen molar-refractivity contribution in [3.63, 3.8) is 0 Å². The third-order valence-corrected chi connectivity index (χ3v) is 2.07. The largest absolute Gasteiger partial charge is 0.356 e. The average molecular weight is 231 g/mol. The maximum Gasteiger partial charge on any atom is 0.221 e. The molecule has 0 aliphatic rings. The highest BCUT2D eigenvalue weighted by atomic mass is 35.5. The zero-order valence-corrected chi connectivity index (χ0v) is 9.20. The van der Waals surface area contributed by atoms with Gasteiger partial charge in [0.2, 0.25) is 5.91 Å². The van der Waals surface area contributed by atoms with Gasteiger partial charge < -0.3 is 11.1 Å². The highest BCUT2D eigenvalue weighted by molar-refractivity contribution is 6.30. The van der Waals surface area contributed by atoms with Crippen LogP contribution in [0, 0.1) is 0 Å². The number of amides is 1. The lowest BCUT2D eigenvalue weighted by molar-refractivity contribution is -0.121. The summed E-state index contributed by atoms with van der Waals surface area (Å²) in [6, 6.07) is 0. The van der Waals surface area contributed by atoms with Crippen LogP contribution >= 0.6 is 11.6 Å². The Balaban J connectivity index is 2.16. The standard InChI is InChI=1S/C9H15ClN4O/c10-8-6-13-14(7-8)5-2-9(15)12-4-1-3-11/h6-7H,1-5,11H2,(H,12,15). The van der Waals surface area contributed by atoms with E-state index in [1.54, 1.807) is 17.1 Å². The lowest BCUT2D eigenvalue weighted by Gasteiger charge is -2.03. The molecule has 84 valence electrons. The number of hydrogen-bond donors (Lipinski definition) is 2. The number of rotatable bonds is 6. The number of hydrogen-bond acceptors (Lipinski definition) is 3. The van der Waals surface area contributed by atoms with Gasteiger partial charge in [-0.2, -0.15) is 5.10 Å². The van der Waals surface area contributed by atoms with Gasteiger partial charge in [-0.3, -0.25) is 9.48 Å². The van der Waals surface area contributed by atoms with Gasteiger partial charge in [-0.15, -0.1) is 0 Å². The third-order valence-electron chi connectivity index (χ3n) is 1.87. The molecule has 0 aromatic carbocycles. The van der Waals surface area contributed by atoms with Crippen LogP contribution in [0.2, 0.25) is 5.02 Å². The summed E-state index contributed by atoms with van der Waals surface area (Å²) < 4.78 is 1.64. The molecule has 1 rings (SSSR count). The summed E-state index contributed by atoms with van der Waals surface area (Å²) >= 11 is 5.68. The molecule has 0 radical (unpaired) electrons. The van der Waals surface area contributed by atoms with E-state index in [0.717, 1.165) is 6.42 Å². The third kappa shape index (κ3) is 4.80. The molecule has 0 spiro atoms. The number of aromatic nitrogens is 2. The minimum atomic E-state index is 0.00933. The summed E-state index contributed by atoms with van der Waals surface area (Å²) in [5, 5.41) is 7.32. The molecule has 6 heteroatoms. The number of aryl methyl sites for hydroxylation is 1. The maximum absolute atomic E-state index is 11.3. The lowest BCUT2D eigenvalue weighted by Crippen LogP contribution is -2.26. The van der Waals surface area contributed by atoms with Gasteiger partial charge in [0.25, 0.3) is 0 Å². The SMILES string of the molecule is NCCCNC(=O)CCn1cc(Cl)cn1. The van der Waals surface area contributed by atoms with Crippen molar-refractivity contribution in [1.82, 2.24) is 15.1 Å². The highest BCUT2D eigenvalue weighted by Crippen LogP contribution is 2.04. The van der Waals surface area contributed by atoms with Crippen LogP contribution in [-0.4, -0.2) is 28.8 Å². The first-order valence-corrected chi connectivity index (χ1v) is 5.25. The Bertz CT molecular complexity index is 313. The van der Waals surface area contributed by atoms with Crippen LogP contribution in [0.15, 0.2) is 12.4 Å². The van der Waals surface area contributed by atoms with Gasteiger partial charge in [0.15, 0.2) is 0 Å². The number of carbonyl (C=O) groups is 1. The van der Waals surface area contributed by atoms with E-state index in [4.69, 9.17) is 17.3 Å². The van der Waals surface area contributed by atoms with Crippen molar-refractivity contribution in [3.8, 4) is 0 Å². The Morgan fingerprint density at radius 2 is 2.47 bits per heavy atom. The normalized spacial score (nSPS) is 10.3. The molecule has 1 amide bonds. The van der Waals surface area contributed by atoms with Gasteiger partial charge in [0.1, 0.15) is 0 Å². The van der Waals surface area contributed by atoms with Crippen molar-refractivity contribution in [2.75, 3.05) is 13.1 Å². The van der Waals surface area contributed by atoms with E-state index >= 15 is 0 Å². The van der Waals surface area contributed by atoms with E-state index in [9.17, 15) is 4.79 Å². The number of nitrogens with two attached hydrogens (primary N) is 1. The van der Waals surface area contributed by atoms with Crippen molar-refractivity contribution in [1.29, 1.82) is 0 Å². The van der Waals surface area contributed by atoms with E-state index in [1.807, 2.05) is 0 Å². The number of nitrogens with one attached hydrogen (secondary N) is 1. The maximum atomic E-state index is 11.3. The first kappa shape index (κ1) is 12.0. The molecule has 1 aromatic rings. The first-order valence-electron chi connectivity index (χ1n) is 4.87. The van der Waals surface area contributed by atoms with Crippen LogP contribution < -0.4 is 11.1 Å².